The van der Waals surface area contributed by atoms with Gasteiger partial charge < -0.3 is 10.0 Å². The normalized spacial score (nSPS) is 14.7. The molecule has 0 unspecified atom stereocenters. The van der Waals surface area contributed by atoms with E-state index in [1.165, 1.54) is 6.07 Å². The average molecular weight is 484 g/mol. The van der Waals surface area contributed by atoms with Gasteiger partial charge in [-0.25, -0.2) is 0 Å². The van der Waals surface area contributed by atoms with Gasteiger partial charge in [-0.3, -0.25) is 0 Å². The largest absolute Gasteiger partial charge is 0.372 e. The van der Waals surface area contributed by atoms with Gasteiger partial charge in [0.25, 0.3) is 0 Å². The Hall–Kier alpha value is -2.28. The van der Waals surface area contributed by atoms with Crippen LogP contribution in [0.1, 0.15) is 28.3 Å². The van der Waals surface area contributed by atoms with Crippen LogP contribution in [0.25, 0.3) is 0 Å². The van der Waals surface area contributed by atoms with Crippen LogP contribution < -0.4 is 4.90 Å². The van der Waals surface area contributed by atoms with Gasteiger partial charge >= 0.3 is 10.8 Å². The molecule has 3 aromatic rings. The highest BCUT2D eigenvalue weighted by atomic mass is 35.5. The second-order valence-electron chi connectivity index (χ2n) is 7.72. The van der Waals surface area contributed by atoms with Crippen molar-refractivity contribution in [1.29, 1.82) is 0 Å². The number of halogens is 6. The number of aliphatic hydroxyl groups is 1. The van der Waals surface area contributed by atoms with Gasteiger partial charge in [0, 0.05) is 12.2 Å². The van der Waals surface area contributed by atoms with Gasteiger partial charge in [-0.15, -0.1) is 0 Å². The third-order valence-electron chi connectivity index (χ3n) is 5.79. The molecule has 0 spiro atoms. The standard InChI is InChI=1S/C24H19Cl2F4NO/c25-23(27,28)22(32,24(26,29)30)19-11-12-20-18(15-19)13-14-31(20)21(16-7-3-1-4-8-16)17-9-5-2-6-10-17/h1-12,15,21,32H,13-14H2. The summed E-state index contributed by atoms with van der Waals surface area (Å²) in [5.74, 6) is 0. The van der Waals surface area contributed by atoms with Gasteiger partial charge in [0.05, 0.1) is 6.04 Å². The summed E-state index contributed by atoms with van der Waals surface area (Å²) in [6.45, 7) is 0.528. The van der Waals surface area contributed by atoms with Crippen molar-refractivity contribution in [3.05, 3.63) is 101 Å². The predicted octanol–water partition coefficient (Wildman–Crippen LogP) is 6.69. The zero-order valence-electron chi connectivity index (χ0n) is 16.7. The van der Waals surface area contributed by atoms with Crippen LogP contribution in [0.2, 0.25) is 0 Å². The Labute approximate surface area is 193 Å². The fraction of sp³-hybridized carbons (Fsp3) is 0.250. The van der Waals surface area contributed by atoms with Gasteiger partial charge in [-0.1, -0.05) is 72.8 Å². The van der Waals surface area contributed by atoms with Gasteiger partial charge in [-0.2, -0.15) is 17.6 Å². The SMILES string of the molecule is OC(c1ccc2c(c1)CCN2C(c1ccccc1)c1ccccc1)(C(F)(F)Cl)C(F)(F)Cl. The van der Waals surface area contributed by atoms with Crippen LogP contribution in [0.4, 0.5) is 23.2 Å². The Morgan fingerprint density at radius 2 is 1.28 bits per heavy atom. The van der Waals surface area contributed by atoms with Gasteiger partial charge in [0.2, 0.25) is 5.60 Å². The molecule has 0 aromatic heterocycles. The maximum Gasteiger partial charge on any atom is 0.361 e. The molecule has 0 radical (unpaired) electrons. The first-order valence-electron chi connectivity index (χ1n) is 9.90. The van der Waals surface area contributed by atoms with Crippen molar-refractivity contribution in [2.24, 2.45) is 0 Å². The quantitative estimate of drug-likeness (QED) is 0.311. The molecule has 0 atom stereocenters. The molecule has 0 aliphatic carbocycles. The van der Waals surface area contributed by atoms with E-state index in [-0.39, 0.29) is 6.04 Å². The van der Waals surface area contributed by atoms with Crippen molar-refractivity contribution >= 4 is 28.9 Å². The summed E-state index contributed by atoms with van der Waals surface area (Å²) < 4.78 is 55.6. The summed E-state index contributed by atoms with van der Waals surface area (Å²) in [7, 11) is 0. The van der Waals surface area contributed by atoms with E-state index in [2.05, 4.69) is 4.90 Å². The molecule has 0 amide bonds. The second-order valence-corrected chi connectivity index (χ2v) is 8.67. The van der Waals surface area contributed by atoms with Crippen molar-refractivity contribution in [1.82, 2.24) is 0 Å². The fourth-order valence-electron chi connectivity index (χ4n) is 4.23. The minimum absolute atomic E-state index is 0.174. The Morgan fingerprint density at radius 3 is 1.75 bits per heavy atom. The molecule has 1 N–H and O–H groups in total. The van der Waals surface area contributed by atoms with E-state index in [0.29, 0.717) is 24.2 Å². The second kappa shape index (κ2) is 8.25. The van der Waals surface area contributed by atoms with Gasteiger partial charge in [-0.05, 0) is 57.9 Å². The molecule has 8 heteroatoms. The summed E-state index contributed by atoms with van der Waals surface area (Å²) in [4.78, 5) is 2.08. The highest BCUT2D eigenvalue weighted by Crippen LogP contribution is 2.53. The Kier molecular flexibility index (Phi) is 5.90. The first kappa shape index (κ1) is 22.9. The van der Waals surface area contributed by atoms with Gasteiger partial charge in [0.15, 0.2) is 0 Å². The van der Waals surface area contributed by atoms with Crippen LogP contribution in [0.5, 0.6) is 0 Å². The molecule has 0 saturated heterocycles. The molecule has 1 aliphatic heterocycles. The molecule has 3 aromatic carbocycles. The Balaban J connectivity index is 1.79. The van der Waals surface area contributed by atoms with Crippen LogP contribution in [-0.4, -0.2) is 22.4 Å². The van der Waals surface area contributed by atoms with E-state index >= 15 is 0 Å². The lowest BCUT2D eigenvalue weighted by atomic mass is 9.91. The Bertz CT molecular complexity index is 1030. The summed E-state index contributed by atoms with van der Waals surface area (Å²) in [5.41, 5.74) is -1.53. The van der Waals surface area contributed by atoms with Crippen molar-refractivity contribution < 1.29 is 22.7 Å². The molecule has 32 heavy (non-hydrogen) atoms. The molecule has 168 valence electrons. The van der Waals surface area contributed by atoms with Crippen LogP contribution in [0, 0.1) is 0 Å². The summed E-state index contributed by atoms with van der Waals surface area (Å²) in [6, 6.07) is 22.9. The van der Waals surface area contributed by atoms with E-state index in [0.717, 1.165) is 23.3 Å². The van der Waals surface area contributed by atoms with E-state index in [1.807, 2.05) is 60.7 Å². The third kappa shape index (κ3) is 3.85. The zero-order valence-corrected chi connectivity index (χ0v) is 18.2. The molecule has 0 fully saturated rings. The lowest BCUT2D eigenvalue weighted by Crippen LogP contribution is -2.52. The number of nitrogens with zero attached hydrogens (tertiary/aromatic N) is 1. The average Bonchev–Trinajstić information content (AvgIpc) is 3.16. The number of hydrogen-bond acceptors (Lipinski definition) is 2. The molecular weight excluding hydrogens is 465 g/mol. The van der Waals surface area contributed by atoms with Crippen LogP contribution in [-0.2, 0) is 12.0 Å². The van der Waals surface area contributed by atoms with E-state index < -0.39 is 21.9 Å². The minimum atomic E-state index is -4.69. The van der Waals surface area contributed by atoms with Crippen molar-refractivity contribution in [3.8, 4) is 0 Å². The lowest BCUT2D eigenvalue weighted by Gasteiger charge is -2.36. The molecular formula is C24H19Cl2F4NO. The number of anilines is 1. The summed E-state index contributed by atoms with van der Waals surface area (Å²) in [5, 5.41) is 0.854. The van der Waals surface area contributed by atoms with Crippen molar-refractivity contribution in [3.63, 3.8) is 0 Å². The highest BCUT2D eigenvalue weighted by Gasteiger charge is 2.68. The number of hydrogen-bond donors (Lipinski definition) is 1. The number of fused-ring (bicyclic) bond motifs is 1. The molecule has 1 aliphatic rings. The number of benzene rings is 3. The number of alkyl halides is 6. The van der Waals surface area contributed by atoms with Crippen molar-refractivity contribution in [2.45, 2.75) is 28.8 Å². The number of rotatable bonds is 6. The predicted molar refractivity (Wildman–Crippen MR) is 118 cm³/mol. The van der Waals surface area contributed by atoms with Crippen molar-refractivity contribution in [2.75, 3.05) is 11.4 Å². The molecule has 2 nitrogen and oxygen atoms in total. The highest BCUT2D eigenvalue weighted by molar-refractivity contribution is 6.26. The van der Waals surface area contributed by atoms with E-state index in [1.54, 1.807) is 0 Å². The molecule has 0 saturated carbocycles. The fourth-order valence-corrected chi connectivity index (χ4v) is 4.74. The maximum absolute atomic E-state index is 13.9. The maximum atomic E-state index is 13.9. The third-order valence-corrected chi connectivity index (χ3v) is 6.34. The van der Waals surface area contributed by atoms with Gasteiger partial charge in [0.1, 0.15) is 0 Å². The van der Waals surface area contributed by atoms with E-state index in [4.69, 9.17) is 23.2 Å². The smallest absolute Gasteiger partial charge is 0.361 e. The molecule has 4 rings (SSSR count). The van der Waals surface area contributed by atoms with Crippen LogP contribution in [0.15, 0.2) is 78.9 Å². The summed E-state index contributed by atoms with van der Waals surface area (Å²) in [6.07, 6.45) is 0.414. The monoisotopic (exact) mass is 483 g/mol. The van der Waals surface area contributed by atoms with Crippen LogP contribution in [0.3, 0.4) is 0 Å². The lowest BCUT2D eigenvalue weighted by molar-refractivity contribution is -0.224. The molecule has 0 bridgehead atoms. The minimum Gasteiger partial charge on any atom is -0.372 e. The summed E-state index contributed by atoms with van der Waals surface area (Å²) >= 11 is 9.78. The first-order chi connectivity index (χ1) is 15.0. The first-order valence-corrected chi connectivity index (χ1v) is 10.7. The molecule has 1 heterocycles. The topological polar surface area (TPSA) is 23.5 Å². The van der Waals surface area contributed by atoms with E-state index in [9.17, 15) is 22.7 Å². The Morgan fingerprint density at radius 1 is 0.781 bits per heavy atom. The van der Waals surface area contributed by atoms with Crippen LogP contribution >= 0.6 is 23.2 Å². The zero-order chi connectivity index (χ0) is 23.1.